The van der Waals surface area contributed by atoms with Crippen molar-refractivity contribution in [2.75, 3.05) is 5.75 Å². The van der Waals surface area contributed by atoms with Gasteiger partial charge in [0, 0.05) is 13.6 Å². The number of imidazole rings is 2. The number of aromatic nitrogens is 5. The molecule has 0 fully saturated rings. The Hall–Kier alpha value is -1.95. The molecule has 0 aliphatic heterocycles. The minimum Gasteiger partial charge on any atom is -0.324 e. The fourth-order valence-electron chi connectivity index (χ4n) is 2.74. The van der Waals surface area contributed by atoms with Gasteiger partial charge >= 0.3 is 6.18 Å². The standard InChI is InChI=1S/C15H15BrF3N5O2S/c1-4-24-13(27(25,26)5-2)11(22-14(24)16)12-21-8-6-10(15(17,18)19)20-7-9(8)23(12)3/h6-7H,4-5H2,1-3H3. The third kappa shape index (κ3) is 3.24. The van der Waals surface area contributed by atoms with Crippen LogP contribution in [0.3, 0.4) is 0 Å². The minimum atomic E-state index is -4.60. The van der Waals surface area contributed by atoms with Crippen molar-refractivity contribution in [3.63, 3.8) is 0 Å². The van der Waals surface area contributed by atoms with Gasteiger partial charge in [0.25, 0.3) is 0 Å². The number of fused-ring (bicyclic) bond motifs is 1. The lowest BCUT2D eigenvalue weighted by Crippen LogP contribution is -2.12. The third-order valence-corrected chi connectivity index (χ3v) is 6.50. The van der Waals surface area contributed by atoms with Crippen molar-refractivity contribution < 1.29 is 21.6 Å². The minimum absolute atomic E-state index is 0.0261. The molecule has 0 aromatic carbocycles. The molecule has 0 amide bonds. The number of alkyl halides is 3. The predicted octanol–water partition coefficient (Wildman–Crippen LogP) is 3.43. The van der Waals surface area contributed by atoms with Crippen LogP contribution in [0.5, 0.6) is 0 Å². The smallest absolute Gasteiger partial charge is 0.324 e. The lowest BCUT2D eigenvalue weighted by atomic mass is 10.3. The number of halogens is 4. The highest BCUT2D eigenvalue weighted by atomic mass is 79.9. The Morgan fingerprint density at radius 3 is 2.44 bits per heavy atom. The van der Waals surface area contributed by atoms with Crippen molar-refractivity contribution in [2.24, 2.45) is 7.05 Å². The molecule has 0 N–H and O–H groups in total. The molecule has 0 aliphatic carbocycles. The van der Waals surface area contributed by atoms with Gasteiger partial charge in [-0.15, -0.1) is 0 Å². The van der Waals surface area contributed by atoms with Crippen molar-refractivity contribution in [2.45, 2.75) is 31.6 Å². The summed E-state index contributed by atoms with van der Waals surface area (Å²) in [4.78, 5) is 11.9. The van der Waals surface area contributed by atoms with E-state index in [-0.39, 0.29) is 27.8 Å². The Labute approximate surface area is 161 Å². The van der Waals surface area contributed by atoms with Gasteiger partial charge in [-0.3, -0.25) is 0 Å². The third-order valence-electron chi connectivity index (χ3n) is 4.13. The topological polar surface area (TPSA) is 82.7 Å². The van der Waals surface area contributed by atoms with Gasteiger partial charge in [0.15, 0.2) is 25.4 Å². The van der Waals surface area contributed by atoms with Crippen molar-refractivity contribution in [1.82, 2.24) is 24.1 Å². The first-order chi connectivity index (χ1) is 12.5. The fourth-order valence-corrected chi connectivity index (χ4v) is 4.72. The second-order valence-corrected chi connectivity index (χ2v) is 8.64. The molecule has 146 valence electrons. The summed E-state index contributed by atoms with van der Waals surface area (Å²) in [7, 11) is -2.09. The van der Waals surface area contributed by atoms with E-state index in [1.54, 1.807) is 14.0 Å². The zero-order valence-electron chi connectivity index (χ0n) is 14.5. The molecule has 0 spiro atoms. The summed E-state index contributed by atoms with van der Waals surface area (Å²) in [6.45, 7) is 3.61. The van der Waals surface area contributed by atoms with Gasteiger partial charge in [0.1, 0.15) is 11.4 Å². The highest BCUT2D eigenvalue weighted by Crippen LogP contribution is 2.34. The quantitative estimate of drug-likeness (QED) is 0.589. The largest absolute Gasteiger partial charge is 0.433 e. The molecule has 0 saturated carbocycles. The molecule has 3 aromatic heterocycles. The lowest BCUT2D eigenvalue weighted by Gasteiger charge is -2.08. The number of sulfone groups is 1. The maximum atomic E-state index is 12.9. The van der Waals surface area contributed by atoms with Gasteiger partial charge in [0.2, 0.25) is 0 Å². The second kappa shape index (κ2) is 6.59. The summed E-state index contributed by atoms with van der Waals surface area (Å²) >= 11 is 3.24. The van der Waals surface area contributed by atoms with Crippen LogP contribution >= 0.6 is 15.9 Å². The Kier molecular flexibility index (Phi) is 4.83. The molecule has 0 aliphatic rings. The molecule has 0 saturated heterocycles. The van der Waals surface area contributed by atoms with Crippen molar-refractivity contribution >= 4 is 36.8 Å². The molecule has 27 heavy (non-hydrogen) atoms. The number of hydrogen-bond acceptors (Lipinski definition) is 5. The van der Waals surface area contributed by atoms with E-state index < -0.39 is 21.7 Å². The summed E-state index contributed by atoms with van der Waals surface area (Å²) < 4.78 is 67.2. The monoisotopic (exact) mass is 465 g/mol. The van der Waals surface area contributed by atoms with Gasteiger partial charge in [-0.2, -0.15) is 13.2 Å². The molecular weight excluding hydrogens is 451 g/mol. The Balaban J connectivity index is 2.32. The first-order valence-corrected chi connectivity index (χ1v) is 10.3. The number of nitrogens with zero attached hydrogens (tertiary/aromatic N) is 5. The zero-order valence-corrected chi connectivity index (χ0v) is 16.9. The van der Waals surface area contributed by atoms with E-state index in [0.717, 1.165) is 12.3 Å². The number of aryl methyl sites for hydroxylation is 1. The van der Waals surface area contributed by atoms with Crippen molar-refractivity contribution in [1.29, 1.82) is 0 Å². The van der Waals surface area contributed by atoms with Crippen LogP contribution < -0.4 is 0 Å². The molecule has 0 radical (unpaired) electrons. The SMILES string of the molecule is CCn1c(Br)nc(-c2nc3cc(C(F)(F)F)ncc3n2C)c1S(=O)(=O)CC. The van der Waals surface area contributed by atoms with E-state index in [2.05, 4.69) is 30.9 Å². The molecule has 0 bridgehead atoms. The Bertz CT molecular complexity index is 1130. The van der Waals surface area contributed by atoms with Crippen LogP contribution in [-0.2, 0) is 29.6 Å². The van der Waals surface area contributed by atoms with Crippen molar-refractivity contribution in [3.8, 4) is 11.5 Å². The molecule has 7 nitrogen and oxygen atoms in total. The lowest BCUT2D eigenvalue weighted by molar-refractivity contribution is -0.141. The predicted molar refractivity (Wildman–Crippen MR) is 95.8 cm³/mol. The summed E-state index contributed by atoms with van der Waals surface area (Å²) in [5.74, 6) is -0.00645. The average Bonchev–Trinajstić information content (AvgIpc) is 3.11. The van der Waals surface area contributed by atoms with Crippen LogP contribution in [0.2, 0.25) is 0 Å². The number of hydrogen-bond donors (Lipinski definition) is 0. The van der Waals surface area contributed by atoms with Crippen LogP contribution in [-0.4, -0.2) is 38.3 Å². The van der Waals surface area contributed by atoms with E-state index in [4.69, 9.17) is 0 Å². The first-order valence-electron chi connectivity index (χ1n) is 7.90. The van der Waals surface area contributed by atoms with E-state index in [1.165, 1.54) is 16.1 Å². The summed E-state index contributed by atoms with van der Waals surface area (Å²) in [5.41, 5.74) is -0.601. The highest BCUT2D eigenvalue weighted by Gasteiger charge is 2.34. The molecule has 3 heterocycles. The molecular formula is C15H15BrF3N5O2S. The van der Waals surface area contributed by atoms with Crippen LogP contribution in [0.4, 0.5) is 13.2 Å². The maximum Gasteiger partial charge on any atom is 0.433 e. The van der Waals surface area contributed by atoms with Gasteiger partial charge < -0.3 is 9.13 Å². The van der Waals surface area contributed by atoms with Gasteiger partial charge in [-0.05, 0) is 28.9 Å². The molecule has 3 aromatic rings. The normalized spacial score (nSPS) is 12.9. The summed E-state index contributed by atoms with van der Waals surface area (Å²) in [6, 6.07) is 0.832. The number of pyridine rings is 1. The Morgan fingerprint density at radius 2 is 1.89 bits per heavy atom. The fraction of sp³-hybridized carbons (Fsp3) is 0.400. The second-order valence-electron chi connectivity index (χ2n) is 5.73. The van der Waals surface area contributed by atoms with Crippen molar-refractivity contribution in [3.05, 3.63) is 22.7 Å². The average molecular weight is 466 g/mol. The van der Waals surface area contributed by atoms with Crippen LogP contribution in [0.1, 0.15) is 19.5 Å². The van der Waals surface area contributed by atoms with Crippen LogP contribution in [0, 0.1) is 0 Å². The van der Waals surface area contributed by atoms with E-state index in [9.17, 15) is 21.6 Å². The number of rotatable bonds is 4. The van der Waals surface area contributed by atoms with E-state index >= 15 is 0 Å². The Morgan fingerprint density at radius 1 is 1.22 bits per heavy atom. The van der Waals surface area contributed by atoms with E-state index in [1.807, 2.05) is 0 Å². The van der Waals surface area contributed by atoms with Crippen LogP contribution in [0.15, 0.2) is 22.0 Å². The molecule has 3 rings (SSSR count). The van der Waals surface area contributed by atoms with E-state index in [0.29, 0.717) is 16.8 Å². The van der Waals surface area contributed by atoms with Gasteiger partial charge in [-0.25, -0.2) is 23.4 Å². The summed E-state index contributed by atoms with van der Waals surface area (Å²) in [5, 5.41) is -0.0261. The zero-order chi connectivity index (χ0) is 20.1. The molecule has 12 heteroatoms. The maximum absolute atomic E-state index is 12.9. The molecule has 0 unspecified atom stereocenters. The highest BCUT2D eigenvalue weighted by molar-refractivity contribution is 9.10. The van der Waals surface area contributed by atoms with Gasteiger partial charge in [0.05, 0.1) is 23.0 Å². The summed E-state index contributed by atoms with van der Waals surface area (Å²) in [6.07, 6.45) is -3.54. The van der Waals surface area contributed by atoms with Gasteiger partial charge in [-0.1, -0.05) is 6.92 Å². The first kappa shape index (κ1) is 19.8. The van der Waals surface area contributed by atoms with Crippen LogP contribution in [0.25, 0.3) is 22.6 Å². The molecule has 0 atom stereocenters.